The molecule has 2 amide bonds. The predicted octanol–water partition coefficient (Wildman–Crippen LogP) is -0.118. The Morgan fingerprint density at radius 1 is 1.60 bits per heavy atom. The zero-order chi connectivity index (χ0) is 14.5. The van der Waals surface area contributed by atoms with Crippen molar-refractivity contribution in [1.82, 2.24) is 20.6 Å². The van der Waals surface area contributed by atoms with Gasteiger partial charge in [0.05, 0.1) is 12.4 Å². The number of aliphatic carboxylic acids is 1. The van der Waals surface area contributed by atoms with Crippen LogP contribution in [-0.2, 0) is 16.0 Å². The molecule has 0 spiro atoms. The van der Waals surface area contributed by atoms with Crippen molar-refractivity contribution >= 4 is 12.0 Å². The largest absolute Gasteiger partial charge is 0.480 e. The molecule has 1 heterocycles. The predicted molar refractivity (Wildman–Crippen MR) is 69.2 cm³/mol. The molecule has 1 aromatic heterocycles. The first kappa shape index (κ1) is 14.3. The number of carboxylic acid groups (broad SMARTS) is 1. The van der Waals surface area contributed by atoms with Crippen LogP contribution >= 0.6 is 0 Å². The molecule has 20 heavy (non-hydrogen) atoms. The summed E-state index contributed by atoms with van der Waals surface area (Å²) < 4.78 is 5.11. The number of imidazole rings is 1. The van der Waals surface area contributed by atoms with Crippen molar-refractivity contribution in [2.24, 2.45) is 0 Å². The molecular formula is C12H18N4O4. The number of carbonyl (C=O) groups is 2. The number of ether oxygens (including phenoxy) is 1. The second kappa shape index (κ2) is 6.38. The first-order valence-corrected chi connectivity index (χ1v) is 6.38. The second-order valence-electron chi connectivity index (χ2n) is 4.82. The Hall–Kier alpha value is -2.09. The van der Waals surface area contributed by atoms with Crippen LogP contribution in [0.2, 0.25) is 0 Å². The lowest BCUT2D eigenvalue weighted by Crippen LogP contribution is -2.54. The number of carboxylic acids is 1. The molecule has 0 aromatic carbocycles. The molecule has 0 aliphatic heterocycles. The zero-order valence-electron chi connectivity index (χ0n) is 11.1. The molecule has 2 rings (SSSR count). The number of rotatable bonds is 6. The minimum atomic E-state index is -1.09. The number of hydrogen-bond acceptors (Lipinski definition) is 4. The van der Waals surface area contributed by atoms with E-state index >= 15 is 0 Å². The Labute approximate surface area is 115 Å². The lowest BCUT2D eigenvalue weighted by atomic mass is 9.89. The van der Waals surface area contributed by atoms with Gasteiger partial charge >= 0.3 is 12.0 Å². The average Bonchev–Trinajstić information content (AvgIpc) is 2.85. The van der Waals surface area contributed by atoms with E-state index in [0.717, 1.165) is 12.8 Å². The van der Waals surface area contributed by atoms with E-state index in [1.807, 2.05) is 0 Å². The lowest BCUT2D eigenvalue weighted by molar-refractivity contribution is -0.139. The molecule has 1 atom stereocenters. The zero-order valence-corrected chi connectivity index (χ0v) is 11.1. The number of aromatic amines is 1. The number of hydrogen-bond donors (Lipinski definition) is 4. The third-order valence-corrected chi connectivity index (χ3v) is 3.35. The van der Waals surface area contributed by atoms with Crippen molar-refractivity contribution in [3.63, 3.8) is 0 Å². The van der Waals surface area contributed by atoms with E-state index < -0.39 is 18.0 Å². The fourth-order valence-corrected chi connectivity index (χ4v) is 2.08. The lowest BCUT2D eigenvalue weighted by Gasteiger charge is -2.34. The van der Waals surface area contributed by atoms with Gasteiger partial charge in [-0.05, 0) is 12.8 Å². The van der Waals surface area contributed by atoms with Crippen molar-refractivity contribution in [3.05, 3.63) is 18.2 Å². The highest BCUT2D eigenvalue weighted by atomic mass is 16.5. The topological polar surface area (TPSA) is 116 Å². The summed E-state index contributed by atoms with van der Waals surface area (Å²) in [4.78, 5) is 29.5. The van der Waals surface area contributed by atoms with Crippen LogP contribution in [0.5, 0.6) is 0 Å². The van der Waals surface area contributed by atoms with Gasteiger partial charge in [-0.1, -0.05) is 0 Å². The van der Waals surface area contributed by atoms with Crippen LogP contribution in [0.1, 0.15) is 18.5 Å². The minimum absolute atomic E-state index is 0.0431. The van der Waals surface area contributed by atoms with E-state index in [-0.39, 0.29) is 18.6 Å². The molecule has 0 saturated heterocycles. The standard InChI is InChI=1S/C12H18N4O4/c1-20-9-2-7(3-9)15-12(19)16-10(11(17)18)4-8-5-13-6-14-8/h5-7,9-10H,2-4H2,1H3,(H,13,14)(H,17,18)(H2,15,16,19)/t7?,9?,10-/m0/s1. The minimum Gasteiger partial charge on any atom is -0.480 e. The number of H-pyrrole nitrogens is 1. The van der Waals surface area contributed by atoms with Crippen LogP contribution in [-0.4, -0.2) is 52.4 Å². The molecule has 1 fully saturated rings. The first-order chi connectivity index (χ1) is 9.58. The van der Waals surface area contributed by atoms with Crippen LogP contribution in [0.4, 0.5) is 4.79 Å². The molecule has 110 valence electrons. The second-order valence-corrected chi connectivity index (χ2v) is 4.82. The summed E-state index contributed by atoms with van der Waals surface area (Å²) in [6, 6.07) is -1.42. The van der Waals surface area contributed by atoms with Crippen LogP contribution in [0, 0.1) is 0 Å². The average molecular weight is 282 g/mol. The summed E-state index contributed by atoms with van der Waals surface area (Å²) in [5.41, 5.74) is 0.654. The molecule has 1 aliphatic carbocycles. The van der Waals surface area contributed by atoms with E-state index in [2.05, 4.69) is 20.6 Å². The van der Waals surface area contributed by atoms with Gasteiger partial charge in [0.2, 0.25) is 0 Å². The van der Waals surface area contributed by atoms with Crippen LogP contribution < -0.4 is 10.6 Å². The number of nitrogens with zero attached hydrogens (tertiary/aromatic N) is 1. The van der Waals surface area contributed by atoms with Crippen molar-refractivity contribution in [3.8, 4) is 0 Å². The molecule has 1 saturated carbocycles. The summed E-state index contributed by atoms with van der Waals surface area (Å²) in [5.74, 6) is -1.09. The summed E-state index contributed by atoms with van der Waals surface area (Å²) in [6.45, 7) is 0. The van der Waals surface area contributed by atoms with E-state index in [9.17, 15) is 9.59 Å². The maximum atomic E-state index is 11.7. The molecular weight excluding hydrogens is 264 g/mol. The number of nitrogens with one attached hydrogen (secondary N) is 3. The smallest absolute Gasteiger partial charge is 0.326 e. The van der Waals surface area contributed by atoms with Crippen molar-refractivity contribution in [2.75, 3.05) is 7.11 Å². The SMILES string of the molecule is COC1CC(NC(=O)N[C@@H](Cc2cnc[nH]2)C(=O)O)C1. The normalized spacial score (nSPS) is 22.6. The van der Waals surface area contributed by atoms with Crippen LogP contribution in [0.25, 0.3) is 0 Å². The van der Waals surface area contributed by atoms with Gasteiger partial charge in [-0.3, -0.25) is 0 Å². The fraction of sp³-hybridized carbons (Fsp3) is 0.583. The monoisotopic (exact) mass is 282 g/mol. The maximum absolute atomic E-state index is 11.7. The number of carbonyl (C=O) groups excluding carboxylic acids is 1. The van der Waals surface area contributed by atoms with Gasteiger partial charge in [0.1, 0.15) is 6.04 Å². The van der Waals surface area contributed by atoms with Gasteiger partial charge in [0, 0.05) is 31.5 Å². The van der Waals surface area contributed by atoms with Crippen LogP contribution in [0.3, 0.4) is 0 Å². The Morgan fingerprint density at radius 3 is 2.90 bits per heavy atom. The fourth-order valence-electron chi connectivity index (χ4n) is 2.08. The molecule has 0 radical (unpaired) electrons. The van der Waals surface area contributed by atoms with E-state index in [4.69, 9.17) is 9.84 Å². The molecule has 0 unspecified atom stereocenters. The Balaban J connectivity index is 1.79. The first-order valence-electron chi connectivity index (χ1n) is 6.38. The summed E-state index contributed by atoms with van der Waals surface area (Å²) in [7, 11) is 1.63. The van der Waals surface area contributed by atoms with Crippen molar-refractivity contribution in [1.29, 1.82) is 0 Å². The Kier molecular flexibility index (Phi) is 4.57. The van der Waals surface area contributed by atoms with Gasteiger partial charge in [-0.2, -0.15) is 0 Å². The van der Waals surface area contributed by atoms with E-state index in [1.54, 1.807) is 7.11 Å². The van der Waals surface area contributed by atoms with Crippen molar-refractivity contribution < 1.29 is 19.4 Å². The van der Waals surface area contributed by atoms with Gasteiger partial charge < -0.3 is 25.5 Å². The quantitative estimate of drug-likeness (QED) is 0.580. The number of methoxy groups -OCH3 is 1. The molecule has 1 aromatic rings. The van der Waals surface area contributed by atoms with Gasteiger partial charge in [0.25, 0.3) is 0 Å². The summed E-state index contributed by atoms with van der Waals surface area (Å²) in [6.07, 6.45) is 4.84. The van der Waals surface area contributed by atoms with Gasteiger partial charge in [-0.25, -0.2) is 14.6 Å². The molecule has 4 N–H and O–H groups in total. The molecule has 0 bridgehead atoms. The highest BCUT2D eigenvalue weighted by molar-refractivity contribution is 5.82. The summed E-state index contributed by atoms with van der Waals surface area (Å²) >= 11 is 0. The number of aromatic nitrogens is 2. The van der Waals surface area contributed by atoms with E-state index in [0.29, 0.717) is 5.69 Å². The Bertz CT molecular complexity index is 456. The third-order valence-electron chi connectivity index (χ3n) is 3.35. The summed E-state index contributed by atoms with van der Waals surface area (Å²) in [5, 5.41) is 14.3. The third kappa shape index (κ3) is 3.70. The van der Waals surface area contributed by atoms with Gasteiger partial charge in [0.15, 0.2) is 0 Å². The number of amides is 2. The van der Waals surface area contributed by atoms with Crippen LogP contribution in [0.15, 0.2) is 12.5 Å². The highest BCUT2D eigenvalue weighted by Gasteiger charge is 2.31. The molecule has 8 nitrogen and oxygen atoms in total. The Morgan fingerprint density at radius 2 is 2.35 bits per heavy atom. The molecule has 8 heteroatoms. The van der Waals surface area contributed by atoms with E-state index in [1.165, 1.54) is 12.5 Å². The van der Waals surface area contributed by atoms with Gasteiger partial charge in [-0.15, -0.1) is 0 Å². The highest BCUT2D eigenvalue weighted by Crippen LogP contribution is 2.22. The van der Waals surface area contributed by atoms with Crippen molar-refractivity contribution in [2.45, 2.75) is 37.5 Å². The number of urea groups is 1. The molecule has 1 aliphatic rings. The maximum Gasteiger partial charge on any atom is 0.326 e.